The lowest BCUT2D eigenvalue weighted by Gasteiger charge is -2.21. The molecule has 2 atom stereocenters. The third-order valence-corrected chi connectivity index (χ3v) is 4.03. The van der Waals surface area contributed by atoms with Crippen LogP contribution in [0.5, 0.6) is 0 Å². The minimum absolute atomic E-state index is 0.165. The molecule has 2 aliphatic carbocycles. The third-order valence-electron chi connectivity index (χ3n) is 4.03. The van der Waals surface area contributed by atoms with Crippen LogP contribution in [0.4, 0.5) is 0 Å². The Labute approximate surface area is 68.2 Å². The highest BCUT2D eigenvalue weighted by Crippen LogP contribution is 2.63. The molecule has 0 saturated heterocycles. The van der Waals surface area contributed by atoms with Crippen LogP contribution < -0.4 is 0 Å². The van der Waals surface area contributed by atoms with Gasteiger partial charge in [-0.1, -0.05) is 20.3 Å². The molecule has 0 radical (unpaired) electrons. The Morgan fingerprint density at radius 3 is 2.27 bits per heavy atom. The maximum Gasteiger partial charge on any atom is 0.139 e. The van der Waals surface area contributed by atoms with E-state index in [-0.39, 0.29) is 5.41 Å². The first-order valence-corrected chi connectivity index (χ1v) is 4.73. The zero-order valence-corrected chi connectivity index (χ0v) is 7.39. The van der Waals surface area contributed by atoms with Gasteiger partial charge in [-0.2, -0.15) is 0 Å². The van der Waals surface area contributed by atoms with Gasteiger partial charge in [-0.05, 0) is 24.7 Å². The lowest BCUT2D eigenvalue weighted by Crippen LogP contribution is -2.23. The number of rotatable bonds is 0. The first kappa shape index (κ1) is 7.33. The highest BCUT2D eigenvalue weighted by atomic mass is 16.1. The number of carbonyl (C=O) groups excluding carboxylic acids is 1. The normalized spacial score (nSPS) is 49.8. The summed E-state index contributed by atoms with van der Waals surface area (Å²) in [4.78, 5) is 11.6. The Morgan fingerprint density at radius 2 is 1.91 bits per heavy atom. The van der Waals surface area contributed by atoms with Crippen LogP contribution in [0.25, 0.3) is 0 Å². The molecular formula is C10H16O. The zero-order valence-electron chi connectivity index (χ0n) is 7.39. The summed E-state index contributed by atoms with van der Waals surface area (Å²) in [6.07, 6.45) is 4.45. The number of carbonyl (C=O) groups is 1. The van der Waals surface area contributed by atoms with Gasteiger partial charge in [0.1, 0.15) is 5.78 Å². The molecule has 11 heavy (non-hydrogen) atoms. The van der Waals surface area contributed by atoms with Gasteiger partial charge in [0.15, 0.2) is 0 Å². The Morgan fingerprint density at radius 1 is 1.27 bits per heavy atom. The zero-order chi connectivity index (χ0) is 8.06. The van der Waals surface area contributed by atoms with Crippen LogP contribution in [-0.2, 0) is 4.79 Å². The van der Waals surface area contributed by atoms with Crippen LogP contribution in [0.2, 0.25) is 0 Å². The van der Waals surface area contributed by atoms with E-state index >= 15 is 0 Å². The molecule has 0 bridgehead atoms. The predicted octanol–water partition coefficient (Wildman–Crippen LogP) is 2.40. The van der Waals surface area contributed by atoms with E-state index in [1.165, 1.54) is 12.8 Å². The maximum absolute atomic E-state index is 11.6. The van der Waals surface area contributed by atoms with Crippen molar-refractivity contribution >= 4 is 5.78 Å². The lowest BCUT2D eigenvalue weighted by molar-refractivity contribution is -0.127. The Bertz CT molecular complexity index is 187. The summed E-state index contributed by atoms with van der Waals surface area (Å²) in [5.74, 6) is 1.91. The molecule has 0 N–H and O–H groups in total. The molecule has 0 aromatic carbocycles. The van der Waals surface area contributed by atoms with Crippen molar-refractivity contribution in [3.8, 4) is 0 Å². The largest absolute Gasteiger partial charge is 0.299 e. The van der Waals surface area contributed by atoms with Gasteiger partial charge in [-0.3, -0.25) is 4.79 Å². The van der Waals surface area contributed by atoms with Crippen LogP contribution in [0.15, 0.2) is 0 Å². The minimum atomic E-state index is 0.165. The molecule has 0 unspecified atom stereocenters. The molecule has 0 aromatic heterocycles. The smallest absolute Gasteiger partial charge is 0.139 e. The van der Waals surface area contributed by atoms with Crippen molar-refractivity contribution in [3.63, 3.8) is 0 Å². The van der Waals surface area contributed by atoms with E-state index in [0.29, 0.717) is 17.6 Å². The average Bonchev–Trinajstić information content (AvgIpc) is 2.50. The summed E-state index contributed by atoms with van der Waals surface area (Å²) in [6, 6.07) is 0. The van der Waals surface area contributed by atoms with Crippen LogP contribution in [0.3, 0.4) is 0 Å². The SMILES string of the molecule is C[C@@H]1[C@@H](C)C12CCCCC2=O. The number of Topliss-reactive ketones (excluding diaryl/α,β-unsaturated/α-hetero) is 1. The highest BCUT2D eigenvalue weighted by Gasteiger charge is 2.63. The van der Waals surface area contributed by atoms with Crippen molar-refractivity contribution in [1.82, 2.24) is 0 Å². The fourth-order valence-electron chi connectivity index (χ4n) is 2.90. The van der Waals surface area contributed by atoms with E-state index in [4.69, 9.17) is 0 Å². The molecule has 0 amide bonds. The first-order valence-electron chi connectivity index (χ1n) is 4.73. The van der Waals surface area contributed by atoms with Gasteiger partial charge in [0.25, 0.3) is 0 Å². The summed E-state index contributed by atoms with van der Waals surface area (Å²) >= 11 is 0. The molecular weight excluding hydrogens is 136 g/mol. The Kier molecular flexibility index (Phi) is 1.39. The van der Waals surface area contributed by atoms with Crippen LogP contribution in [0, 0.1) is 17.3 Å². The Balaban J connectivity index is 2.19. The molecule has 2 saturated carbocycles. The average molecular weight is 152 g/mol. The predicted molar refractivity (Wildman–Crippen MR) is 44.2 cm³/mol. The lowest BCUT2D eigenvalue weighted by atomic mass is 9.82. The van der Waals surface area contributed by atoms with Gasteiger partial charge in [-0.15, -0.1) is 0 Å². The first-order chi connectivity index (χ1) is 5.19. The molecule has 0 aliphatic heterocycles. The second-order valence-electron chi connectivity index (χ2n) is 4.25. The fourth-order valence-corrected chi connectivity index (χ4v) is 2.90. The van der Waals surface area contributed by atoms with E-state index in [1.54, 1.807) is 0 Å². The van der Waals surface area contributed by atoms with Crippen LogP contribution in [0.1, 0.15) is 39.5 Å². The second kappa shape index (κ2) is 2.09. The minimum Gasteiger partial charge on any atom is -0.299 e. The van der Waals surface area contributed by atoms with Crippen molar-refractivity contribution in [2.24, 2.45) is 17.3 Å². The summed E-state index contributed by atoms with van der Waals surface area (Å²) in [6.45, 7) is 4.46. The third kappa shape index (κ3) is 0.743. The van der Waals surface area contributed by atoms with Crippen molar-refractivity contribution in [3.05, 3.63) is 0 Å². The van der Waals surface area contributed by atoms with E-state index in [2.05, 4.69) is 13.8 Å². The molecule has 1 heteroatoms. The van der Waals surface area contributed by atoms with Gasteiger partial charge in [0, 0.05) is 11.8 Å². The second-order valence-corrected chi connectivity index (χ2v) is 4.25. The molecule has 1 nitrogen and oxygen atoms in total. The fraction of sp³-hybridized carbons (Fsp3) is 0.900. The van der Waals surface area contributed by atoms with Crippen molar-refractivity contribution in [2.75, 3.05) is 0 Å². The number of hydrogen-bond acceptors (Lipinski definition) is 1. The van der Waals surface area contributed by atoms with E-state index in [9.17, 15) is 4.79 Å². The van der Waals surface area contributed by atoms with E-state index < -0.39 is 0 Å². The summed E-state index contributed by atoms with van der Waals surface area (Å²) in [7, 11) is 0. The van der Waals surface area contributed by atoms with Gasteiger partial charge in [0.2, 0.25) is 0 Å². The van der Waals surface area contributed by atoms with Gasteiger partial charge in [0.05, 0.1) is 0 Å². The van der Waals surface area contributed by atoms with Gasteiger partial charge in [-0.25, -0.2) is 0 Å². The molecule has 0 heterocycles. The Hall–Kier alpha value is -0.330. The molecule has 2 rings (SSSR count). The van der Waals surface area contributed by atoms with E-state index in [0.717, 1.165) is 12.8 Å². The molecule has 0 aromatic rings. The topological polar surface area (TPSA) is 17.1 Å². The van der Waals surface area contributed by atoms with Crippen LogP contribution in [-0.4, -0.2) is 5.78 Å². The van der Waals surface area contributed by atoms with Gasteiger partial charge < -0.3 is 0 Å². The van der Waals surface area contributed by atoms with Crippen molar-refractivity contribution in [2.45, 2.75) is 39.5 Å². The summed E-state index contributed by atoms with van der Waals surface area (Å²) in [5.41, 5.74) is 0.165. The highest BCUT2D eigenvalue weighted by molar-refractivity contribution is 5.89. The molecule has 2 aliphatic rings. The number of ketones is 1. The summed E-state index contributed by atoms with van der Waals surface area (Å²) < 4.78 is 0. The molecule has 62 valence electrons. The molecule has 1 spiro atoms. The van der Waals surface area contributed by atoms with E-state index in [1.807, 2.05) is 0 Å². The van der Waals surface area contributed by atoms with Crippen molar-refractivity contribution in [1.29, 1.82) is 0 Å². The maximum atomic E-state index is 11.6. The van der Waals surface area contributed by atoms with Gasteiger partial charge >= 0.3 is 0 Å². The van der Waals surface area contributed by atoms with Crippen LogP contribution >= 0.6 is 0 Å². The van der Waals surface area contributed by atoms with Crippen molar-refractivity contribution < 1.29 is 4.79 Å². The molecule has 2 fully saturated rings. The number of hydrogen-bond donors (Lipinski definition) is 0. The standard InChI is InChI=1S/C10H16O/c1-7-8(2)10(7)6-4-3-5-9(10)11/h7-8H,3-6H2,1-2H3/t7-,8-/m1/s1. The monoisotopic (exact) mass is 152 g/mol. The quantitative estimate of drug-likeness (QED) is 0.521. The summed E-state index contributed by atoms with van der Waals surface area (Å²) in [5, 5.41) is 0.